The Kier molecular flexibility index (Phi) is 6.25. The van der Waals surface area contributed by atoms with E-state index in [2.05, 4.69) is 6.58 Å². The van der Waals surface area contributed by atoms with Gasteiger partial charge in [0.05, 0.1) is 18.6 Å². The monoisotopic (exact) mass is 214 g/mol. The average Bonchev–Trinajstić information content (AvgIpc) is 2.28. The van der Waals surface area contributed by atoms with Gasteiger partial charge >= 0.3 is 5.97 Å². The smallest absolute Gasteiger partial charge is 0.311 e. The molecule has 3 heteroatoms. The van der Waals surface area contributed by atoms with Crippen LogP contribution in [0.5, 0.6) is 0 Å². The van der Waals surface area contributed by atoms with Crippen LogP contribution >= 0.6 is 0 Å². The SMILES string of the molecule is C=CC(O)(CC)C(CCCC)C(=O)OC. The normalized spacial score (nSPS) is 16.5. The third kappa shape index (κ3) is 3.67. The van der Waals surface area contributed by atoms with Crippen LogP contribution in [0.1, 0.15) is 39.5 Å². The lowest BCUT2D eigenvalue weighted by molar-refractivity contribution is -0.153. The minimum absolute atomic E-state index is 0.354. The highest BCUT2D eigenvalue weighted by molar-refractivity contribution is 5.74. The molecule has 15 heavy (non-hydrogen) atoms. The van der Waals surface area contributed by atoms with Crippen LogP contribution < -0.4 is 0 Å². The van der Waals surface area contributed by atoms with E-state index in [0.717, 1.165) is 12.8 Å². The number of methoxy groups -OCH3 is 1. The standard InChI is InChI=1S/C12H22O3/c1-5-8-9-10(11(13)15-4)12(14,6-2)7-3/h6,10,14H,2,5,7-9H2,1,3-4H3. The number of rotatable bonds is 7. The van der Waals surface area contributed by atoms with Gasteiger partial charge in [-0.1, -0.05) is 32.8 Å². The highest BCUT2D eigenvalue weighted by Gasteiger charge is 2.37. The van der Waals surface area contributed by atoms with Crippen LogP contribution in [0, 0.1) is 5.92 Å². The van der Waals surface area contributed by atoms with Gasteiger partial charge in [-0.05, 0) is 12.8 Å². The number of carbonyl (C=O) groups is 1. The maximum absolute atomic E-state index is 11.6. The molecule has 1 N–H and O–H groups in total. The van der Waals surface area contributed by atoms with Crippen molar-refractivity contribution in [2.45, 2.75) is 45.1 Å². The van der Waals surface area contributed by atoms with Gasteiger partial charge in [-0.3, -0.25) is 4.79 Å². The summed E-state index contributed by atoms with van der Waals surface area (Å²) in [6.07, 6.45) is 4.45. The average molecular weight is 214 g/mol. The van der Waals surface area contributed by atoms with Gasteiger partial charge in [0.1, 0.15) is 0 Å². The molecule has 0 heterocycles. The number of esters is 1. The van der Waals surface area contributed by atoms with Crippen molar-refractivity contribution < 1.29 is 14.6 Å². The first kappa shape index (κ1) is 14.2. The number of hydrogen-bond donors (Lipinski definition) is 1. The topological polar surface area (TPSA) is 46.5 Å². The number of unbranched alkanes of at least 4 members (excludes halogenated alkanes) is 1. The number of hydrogen-bond acceptors (Lipinski definition) is 3. The first-order valence-corrected chi connectivity index (χ1v) is 5.49. The van der Waals surface area contributed by atoms with Gasteiger partial charge < -0.3 is 9.84 Å². The molecule has 2 unspecified atom stereocenters. The van der Waals surface area contributed by atoms with Gasteiger partial charge in [0.2, 0.25) is 0 Å². The van der Waals surface area contributed by atoms with Crippen LogP contribution in [0.25, 0.3) is 0 Å². The maximum Gasteiger partial charge on any atom is 0.311 e. The Morgan fingerprint density at radius 3 is 2.53 bits per heavy atom. The second kappa shape index (κ2) is 6.62. The molecule has 2 atom stereocenters. The fourth-order valence-electron chi connectivity index (χ4n) is 1.66. The van der Waals surface area contributed by atoms with Crippen LogP contribution in [0.4, 0.5) is 0 Å². The molecule has 0 radical (unpaired) electrons. The van der Waals surface area contributed by atoms with Crippen molar-refractivity contribution in [2.24, 2.45) is 5.92 Å². The molecular formula is C12H22O3. The zero-order valence-electron chi connectivity index (χ0n) is 9.95. The molecule has 0 spiro atoms. The van der Waals surface area contributed by atoms with E-state index in [1.54, 1.807) is 0 Å². The summed E-state index contributed by atoms with van der Waals surface area (Å²) < 4.78 is 4.71. The van der Waals surface area contributed by atoms with Crippen molar-refractivity contribution in [2.75, 3.05) is 7.11 Å². The van der Waals surface area contributed by atoms with Crippen molar-refractivity contribution in [3.05, 3.63) is 12.7 Å². The molecule has 0 aromatic carbocycles. The lowest BCUT2D eigenvalue weighted by Gasteiger charge is -2.30. The predicted molar refractivity (Wildman–Crippen MR) is 60.5 cm³/mol. The molecule has 0 amide bonds. The van der Waals surface area contributed by atoms with E-state index in [0.29, 0.717) is 12.8 Å². The molecular weight excluding hydrogens is 192 g/mol. The summed E-state index contributed by atoms with van der Waals surface area (Å²) in [5, 5.41) is 10.2. The Balaban J connectivity index is 4.73. The molecule has 0 fully saturated rings. The summed E-state index contributed by atoms with van der Waals surface area (Å²) in [5.41, 5.74) is -1.14. The summed E-state index contributed by atoms with van der Waals surface area (Å²) in [6, 6.07) is 0. The zero-order valence-corrected chi connectivity index (χ0v) is 9.95. The maximum atomic E-state index is 11.6. The molecule has 0 aliphatic carbocycles. The van der Waals surface area contributed by atoms with E-state index in [9.17, 15) is 9.90 Å². The lowest BCUT2D eigenvalue weighted by atomic mass is 9.82. The van der Waals surface area contributed by atoms with Crippen LogP contribution in [0.2, 0.25) is 0 Å². The van der Waals surface area contributed by atoms with Crippen molar-refractivity contribution in [1.29, 1.82) is 0 Å². The summed E-state index contributed by atoms with van der Waals surface area (Å²) in [7, 11) is 1.35. The largest absolute Gasteiger partial charge is 0.469 e. The minimum Gasteiger partial charge on any atom is -0.469 e. The van der Waals surface area contributed by atoms with E-state index in [4.69, 9.17) is 4.74 Å². The fourth-order valence-corrected chi connectivity index (χ4v) is 1.66. The first-order valence-electron chi connectivity index (χ1n) is 5.49. The van der Waals surface area contributed by atoms with E-state index in [-0.39, 0.29) is 5.97 Å². The van der Waals surface area contributed by atoms with Gasteiger partial charge in [-0.25, -0.2) is 0 Å². The minimum atomic E-state index is -1.14. The fraction of sp³-hybridized carbons (Fsp3) is 0.750. The summed E-state index contributed by atoms with van der Waals surface area (Å²) in [5.74, 6) is -0.849. The molecule has 0 aromatic rings. The highest BCUT2D eigenvalue weighted by Crippen LogP contribution is 2.28. The summed E-state index contributed by atoms with van der Waals surface area (Å²) in [6.45, 7) is 7.48. The zero-order chi connectivity index (χ0) is 11.9. The van der Waals surface area contributed by atoms with E-state index < -0.39 is 11.5 Å². The summed E-state index contributed by atoms with van der Waals surface area (Å²) in [4.78, 5) is 11.6. The quantitative estimate of drug-likeness (QED) is 0.522. The van der Waals surface area contributed by atoms with Crippen LogP contribution in [-0.2, 0) is 9.53 Å². The molecule has 0 rings (SSSR count). The Morgan fingerprint density at radius 2 is 2.20 bits per heavy atom. The Labute approximate surface area is 92.1 Å². The van der Waals surface area contributed by atoms with Crippen molar-refractivity contribution >= 4 is 5.97 Å². The Bertz CT molecular complexity index is 213. The Hall–Kier alpha value is -0.830. The second-order valence-electron chi connectivity index (χ2n) is 3.77. The Morgan fingerprint density at radius 1 is 1.60 bits per heavy atom. The van der Waals surface area contributed by atoms with Crippen LogP contribution in [0.3, 0.4) is 0 Å². The lowest BCUT2D eigenvalue weighted by Crippen LogP contribution is -2.40. The number of aliphatic hydroxyl groups is 1. The van der Waals surface area contributed by atoms with Crippen LogP contribution in [-0.4, -0.2) is 23.8 Å². The van der Waals surface area contributed by atoms with Gasteiger partial charge in [0, 0.05) is 0 Å². The predicted octanol–water partition coefficient (Wildman–Crippen LogP) is 2.29. The third-order valence-corrected chi connectivity index (χ3v) is 2.86. The molecule has 3 nitrogen and oxygen atoms in total. The van der Waals surface area contributed by atoms with Crippen molar-refractivity contribution in [3.8, 4) is 0 Å². The van der Waals surface area contributed by atoms with E-state index in [1.165, 1.54) is 13.2 Å². The molecule has 0 aromatic heterocycles. The highest BCUT2D eigenvalue weighted by atomic mass is 16.5. The van der Waals surface area contributed by atoms with Crippen molar-refractivity contribution in [1.82, 2.24) is 0 Å². The molecule has 0 bridgehead atoms. The molecule has 0 saturated heterocycles. The summed E-state index contributed by atoms with van der Waals surface area (Å²) >= 11 is 0. The third-order valence-electron chi connectivity index (χ3n) is 2.86. The second-order valence-corrected chi connectivity index (χ2v) is 3.77. The molecule has 0 aliphatic heterocycles. The first-order chi connectivity index (χ1) is 7.05. The van der Waals surface area contributed by atoms with Gasteiger partial charge in [0.25, 0.3) is 0 Å². The van der Waals surface area contributed by atoms with Gasteiger partial charge in [0.15, 0.2) is 0 Å². The number of carbonyl (C=O) groups excluding carboxylic acids is 1. The van der Waals surface area contributed by atoms with Gasteiger partial charge in [-0.15, -0.1) is 6.58 Å². The van der Waals surface area contributed by atoms with Crippen molar-refractivity contribution in [3.63, 3.8) is 0 Å². The van der Waals surface area contributed by atoms with Crippen LogP contribution in [0.15, 0.2) is 12.7 Å². The van der Waals surface area contributed by atoms with Gasteiger partial charge in [-0.2, -0.15) is 0 Å². The molecule has 88 valence electrons. The number of ether oxygens (including phenoxy) is 1. The van der Waals surface area contributed by atoms with E-state index in [1.807, 2.05) is 13.8 Å². The molecule has 0 saturated carbocycles. The molecule has 0 aliphatic rings. The van der Waals surface area contributed by atoms with E-state index >= 15 is 0 Å².